The monoisotopic (exact) mass is 214 g/mol. The normalized spacial score (nSPS) is 33.2. The van der Waals surface area contributed by atoms with Crippen LogP contribution in [0, 0.1) is 11.8 Å². The highest BCUT2D eigenvalue weighted by atomic mass is 19.4. The third kappa shape index (κ3) is 1.58. The molecule has 0 saturated heterocycles. The van der Waals surface area contributed by atoms with Crippen molar-refractivity contribution in [2.24, 2.45) is 11.8 Å². The fourth-order valence-electron chi connectivity index (χ4n) is 1.14. The van der Waals surface area contributed by atoms with Crippen molar-refractivity contribution in [3.8, 4) is 0 Å². The molecule has 1 aliphatic carbocycles. The zero-order chi connectivity index (χ0) is 10.7. The SMILES string of the molecule is FC(F)(F)C1C(C(F)(F)F)C1(F)F. The largest absolute Gasteiger partial charge is 0.398 e. The second-order valence-corrected chi connectivity index (χ2v) is 2.71. The van der Waals surface area contributed by atoms with Gasteiger partial charge >= 0.3 is 12.4 Å². The summed E-state index contributed by atoms with van der Waals surface area (Å²) < 4.78 is 93.2. The van der Waals surface area contributed by atoms with Crippen molar-refractivity contribution in [2.75, 3.05) is 0 Å². The van der Waals surface area contributed by atoms with Gasteiger partial charge in [0.05, 0.1) is 0 Å². The lowest BCUT2D eigenvalue weighted by molar-refractivity contribution is -0.191. The van der Waals surface area contributed by atoms with E-state index < -0.39 is 30.1 Å². The molecule has 0 aromatic rings. The minimum absolute atomic E-state index is 3.57. The van der Waals surface area contributed by atoms with E-state index in [0.717, 1.165) is 0 Å². The van der Waals surface area contributed by atoms with E-state index >= 15 is 0 Å². The van der Waals surface area contributed by atoms with Gasteiger partial charge < -0.3 is 0 Å². The van der Waals surface area contributed by atoms with Crippen LogP contribution in [0.1, 0.15) is 0 Å². The summed E-state index contributed by atoms with van der Waals surface area (Å²) >= 11 is 0. The highest BCUT2D eigenvalue weighted by Crippen LogP contribution is 2.67. The Bertz CT molecular complexity index is 188. The van der Waals surface area contributed by atoms with Gasteiger partial charge in [-0.05, 0) is 0 Å². The molecule has 0 spiro atoms. The molecular formula is C5H2F8. The molecule has 0 bridgehead atoms. The summed E-state index contributed by atoms with van der Waals surface area (Å²) in [4.78, 5) is 0. The van der Waals surface area contributed by atoms with Crippen molar-refractivity contribution in [1.29, 1.82) is 0 Å². The Morgan fingerprint density at radius 3 is 1.00 bits per heavy atom. The summed E-state index contributed by atoms with van der Waals surface area (Å²) in [7, 11) is 0. The molecule has 0 aliphatic heterocycles. The Labute approximate surface area is 66.5 Å². The fourth-order valence-corrected chi connectivity index (χ4v) is 1.14. The maximum atomic E-state index is 12.0. The van der Waals surface area contributed by atoms with Crippen LogP contribution in [-0.2, 0) is 0 Å². The van der Waals surface area contributed by atoms with Crippen LogP contribution in [0.15, 0.2) is 0 Å². The van der Waals surface area contributed by atoms with Crippen LogP contribution in [0.2, 0.25) is 0 Å². The van der Waals surface area contributed by atoms with Gasteiger partial charge in [0.2, 0.25) is 0 Å². The molecule has 0 amide bonds. The molecule has 1 aliphatic rings. The number of rotatable bonds is 0. The van der Waals surface area contributed by atoms with Gasteiger partial charge in [0.25, 0.3) is 5.92 Å². The molecule has 0 N–H and O–H groups in total. The third-order valence-corrected chi connectivity index (χ3v) is 1.76. The van der Waals surface area contributed by atoms with E-state index in [1.165, 1.54) is 0 Å². The Morgan fingerprint density at radius 1 is 0.692 bits per heavy atom. The summed E-state index contributed by atoms with van der Waals surface area (Å²) in [5.41, 5.74) is 0. The number of hydrogen-bond donors (Lipinski definition) is 0. The Hall–Kier alpha value is -0.560. The highest BCUT2D eigenvalue weighted by molar-refractivity contribution is 5.11. The summed E-state index contributed by atoms with van der Waals surface area (Å²) in [6.07, 6.45) is -11.0. The topological polar surface area (TPSA) is 0 Å². The van der Waals surface area contributed by atoms with Gasteiger partial charge in [-0.2, -0.15) is 26.3 Å². The lowest BCUT2D eigenvalue weighted by Gasteiger charge is -2.05. The first kappa shape index (κ1) is 10.5. The molecule has 78 valence electrons. The minimum Gasteiger partial charge on any atom is -0.205 e. The maximum absolute atomic E-state index is 12.0. The summed E-state index contributed by atoms with van der Waals surface area (Å²) in [5.74, 6) is -11.8. The molecule has 0 nitrogen and oxygen atoms in total. The van der Waals surface area contributed by atoms with Crippen molar-refractivity contribution in [2.45, 2.75) is 18.3 Å². The van der Waals surface area contributed by atoms with Gasteiger partial charge in [0.15, 0.2) is 0 Å². The van der Waals surface area contributed by atoms with Crippen LogP contribution in [0.5, 0.6) is 0 Å². The lowest BCUT2D eigenvalue weighted by atomic mass is 10.3. The molecule has 0 aromatic carbocycles. The van der Waals surface area contributed by atoms with Gasteiger partial charge in [-0.1, -0.05) is 0 Å². The van der Waals surface area contributed by atoms with E-state index in [9.17, 15) is 35.1 Å². The Kier molecular flexibility index (Phi) is 1.84. The molecule has 2 atom stereocenters. The van der Waals surface area contributed by atoms with Crippen molar-refractivity contribution >= 4 is 0 Å². The lowest BCUT2D eigenvalue weighted by Crippen LogP contribution is -2.19. The molecule has 1 saturated carbocycles. The predicted molar refractivity (Wildman–Crippen MR) is 24.0 cm³/mol. The molecular weight excluding hydrogens is 212 g/mol. The Balaban J connectivity index is 2.85. The van der Waals surface area contributed by atoms with Crippen LogP contribution < -0.4 is 0 Å². The zero-order valence-electron chi connectivity index (χ0n) is 5.68. The van der Waals surface area contributed by atoms with Crippen molar-refractivity contribution in [1.82, 2.24) is 0 Å². The zero-order valence-corrected chi connectivity index (χ0v) is 5.68. The highest BCUT2D eigenvalue weighted by Gasteiger charge is 2.86. The quantitative estimate of drug-likeness (QED) is 0.543. The van der Waals surface area contributed by atoms with E-state index in [2.05, 4.69) is 0 Å². The first-order valence-electron chi connectivity index (χ1n) is 3.00. The van der Waals surface area contributed by atoms with Crippen molar-refractivity contribution < 1.29 is 35.1 Å². The van der Waals surface area contributed by atoms with Crippen molar-refractivity contribution in [3.63, 3.8) is 0 Å². The van der Waals surface area contributed by atoms with Crippen LogP contribution in [0.4, 0.5) is 35.1 Å². The molecule has 8 heteroatoms. The molecule has 13 heavy (non-hydrogen) atoms. The average molecular weight is 214 g/mol. The second kappa shape index (κ2) is 2.27. The van der Waals surface area contributed by atoms with Crippen LogP contribution >= 0.6 is 0 Å². The molecule has 1 fully saturated rings. The van der Waals surface area contributed by atoms with Gasteiger partial charge in [0, 0.05) is 0 Å². The molecule has 0 aromatic heterocycles. The summed E-state index contributed by atoms with van der Waals surface area (Å²) in [5, 5.41) is 0. The predicted octanol–water partition coefficient (Wildman–Crippen LogP) is 2.99. The minimum atomic E-state index is -5.50. The standard InChI is InChI=1S/C5H2F8/c6-3(7)1(4(8,9)10)2(3)5(11,12)13/h1-2H. The maximum Gasteiger partial charge on any atom is 0.398 e. The van der Waals surface area contributed by atoms with Gasteiger partial charge in [-0.3, -0.25) is 0 Å². The van der Waals surface area contributed by atoms with E-state index in [1.807, 2.05) is 0 Å². The fraction of sp³-hybridized carbons (Fsp3) is 1.00. The van der Waals surface area contributed by atoms with E-state index in [-0.39, 0.29) is 0 Å². The smallest absolute Gasteiger partial charge is 0.205 e. The molecule has 1 rings (SSSR count). The number of halogens is 8. The summed E-state index contributed by atoms with van der Waals surface area (Å²) in [6.45, 7) is 0. The van der Waals surface area contributed by atoms with Gasteiger partial charge in [-0.15, -0.1) is 0 Å². The number of hydrogen-bond acceptors (Lipinski definition) is 0. The van der Waals surface area contributed by atoms with E-state index in [1.54, 1.807) is 0 Å². The third-order valence-electron chi connectivity index (χ3n) is 1.76. The van der Waals surface area contributed by atoms with Gasteiger partial charge in [0.1, 0.15) is 11.8 Å². The molecule has 2 unspecified atom stereocenters. The molecule has 0 radical (unpaired) electrons. The second-order valence-electron chi connectivity index (χ2n) is 2.71. The first-order valence-corrected chi connectivity index (χ1v) is 3.00. The van der Waals surface area contributed by atoms with Gasteiger partial charge in [-0.25, -0.2) is 8.78 Å². The Morgan fingerprint density at radius 2 is 0.923 bits per heavy atom. The first-order chi connectivity index (χ1) is 5.49. The van der Waals surface area contributed by atoms with Crippen LogP contribution in [0.25, 0.3) is 0 Å². The average Bonchev–Trinajstić information content (AvgIpc) is 2.29. The summed E-state index contributed by atoms with van der Waals surface area (Å²) in [6, 6.07) is 0. The van der Waals surface area contributed by atoms with Crippen LogP contribution in [-0.4, -0.2) is 18.3 Å². The van der Waals surface area contributed by atoms with Crippen LogP contribution in [0.3, 0.4) is 0 Å². The van der Waals surface area contributed by atoms with E-state index in [0.29, 0.717) is 0 Å². The van der Waals surface area contributed by atoms with E-state index in [4.69, 9.17) is 0 Å². The van der Waals surface area contributed by atoms with Crippen molar-refractivity contribution in [3.05, 3.63) is 0 Å². The number of alkyl halides is 8. The molecule has 0 heterocycles.